The smallest absolute Gasteiger partial charge is 0.261 e. The first-order chi connectivity index (χ1) is 14.7. The Kier molecular flexibility index (Phi) is 5.87. The Morgan fingerprint density at radius 2 is 1.81 bits per heavy atom. The zero-order valence-electron chi connectivity index (χ0n) is 16.9. The minimum atomic E-state index is -3.90. The van der Waals surface area contributed by atoms with Gasteiger partial charge in [0.25, 0.3) is 10.0 Å². The Morgan fingerprint density at radius 3 is 2.52 bits per heavy atom. The monoisotopic (exact) mass is 492 g/mol. The standard InChI is InChI=1S/C22H18Cl2N2O3S2/c1-12-9-19(26-31(27,28)16-7-8-17(23)18(24)11-16)21-20(13(2)30-22(21)25-12)14-5-4-6-15(10-14)29-3/h4-11H,1-3H3,(H,25,26). The third-order valence-electron chi connectivity index (χ3n) is 4.77. The van der Waals surface area contributed by atoms with Gasteiger partial charge in [0.15, 0.2) is 0 Å². The van der Waals surface area contributed by atoms with Crippen LogP contribution in [0.3, 0.4) is 0 Å². The number of rotatable bonds is 5. The summed E-state index contributed by atoms with van der Waals surface area (Å²) >= 11 is 13.5. The number of thiophene rings is 1. The fourth-order valence-corrected chi connectivity index (χ4v) is 5.95. The molecule has 0 saturated carbocycles. The fourth-order valence-electron chi connectivity index (χ4n) is 3.39. The van der Waals surface area contributed by atoms with Gasteiger partial charge in [0.05, 0.1) is 27.7 Å². The van der Waals surface area contributed by atoms with E-state index in [1.165, 1.54) is 29.5 Å². The maximum absolute atomic E-state index is 13.1. The quantitative estimate of drug-likeness (QED) is 0.336. The predicted molar refractivity (Wildman–Crippen MR) is 128 cm³/mol. The molecule has 31 heavy (non-hydrogen) atoms. The van der Waals surface area contributed by atoms with Gasteiger partial charge in [-0.2, -0.15) is 0 Å². The van der Waals surface area contributed by atoms with Gasteiger partial charge in [0.2, 0.25) is 0 Å². The number of hydrogen-bond donors (Lipinski definition) is 1. The van der Waals surface area contributed by atoms with Crippen molar-refractivity contribution in [3.63, 3.8) is 0 Å². The number of nitrogens with zero attached hydrogens (tertiary/aromatic N) is 1. The van der Waals surface area contributed by atoms with Crippen LogP contribution in [0.5, 0.6) is 5.75 Å². The molecule has 2 aromatic heterocycles. The highest BCUT2D eigenvalue weighted by Crippen LogP contribution is 2.43. The number of ether oxygens (including phenoxy) is 1. The van der Waals surface area contributed by atoms with Crippen molar-refractivity contribution < 1.29 is 13.2 Å². The Labute approximate surface area is 194 Å². The Hall–Kier alpha value is -2.32. The molecule has 0 saturated heterocycles. The van der Waals surface area contributed by atoms with Crippen molar-refractivity contribution in [2.75, 3.05) is 11.8 Å². The molecule has 0 fully saturated rings. The van der Waals surface area contributed by atoms with E-state index in [9.17, 15) is 8.42 Å². The maximum atomic E-state index is 13.1. The number of methoxy groups -OCH3 is 1. The normalized spacial score (nSPS) is 11.6. The highest BCUT2D eigenvalue weighted by Gasteiger charge is 2.22. The third-order valence-corrected chi connectivity index (χ3v) is 7.87. The molecule has 0 aliphatic carbocycles. The van der Waals surface area contributed by atoms with Gasteiger partial charge in [-0.15, -0.1) is 11.3 Å². The van der Waals surface area contributed by atoms with Gasteiger partial charge in [-0.25, -0.2) is 13.4 Å². The third kappa shape index (κ3) is 4.23. The number of benzene rings is 2. The summed E-state index contributed by atoms with van der Waals surface area (Å²) in [7, 11) is -2.29. The van der Waals surface area contributed by atoms with Gasteiger partial charge >= 0.3 is 0 Å². The minimum Gasteiger partial charge on any atom is -0.497 e. The molecule has 0 aliphatic heterocycles. The van der Waals surface area contributed by atoms with Crippen LogP contribution in [0.25, 0.3) is 21.3 Å². The van der Waals surface area contributed by atoms with E-state index in [2.05, 4.69) is 9.71 Å². The lowest BCUT2D eigenvalue weighted by atomic mass is 10.0. The van der Waals surface area contributed by atoms with Crippen LogP contribution in [-0.4, -0.2) is 20.5 Å². The summed E-state index contributed by atoms with van der Waals surface area (Å²) in [6, 6.07) is 13.6. The molecule has 0 bridgehead atoms. The molecule has 0 amide bonds. The van der Waals surface area contributed by atoms with Crippen molar-refractivity contribution in [1.29, 1.82) is 0 Å². The molecule has 5 nitrogen and oxygen atoms in total. The fraction of sp³-hybridized carbons (Fsp3) is 0.136. The number of nitrogens with one attached hydrogen (secondary N) is 1. The zero-order chi connectivity index (χ0) is 22.3. The van der Waals surface area contributed by atoms with E-state index in [1.807, 2.05) is 38.1 Å². The van der Waals surface area contributed by atoms with Crippen molar-refractivity contribution in [2.24, 2.45) is 0 Å². The van der Waals surface area contributed by atoms with Gasteiger partial charge < -0.3 is 4.74 Å². The lowest BCUT2D eigenvalue weighted by Gasteiger charge is -2.13. The predicted octanol–water partition coefficient (Wildman–Crippen LogP) is 6.70. The topological polar surface area (TPSA) is 68.3 Å². The summed E-state index contributed by atoms with van der Waals surface area (Å²) in [5.41, 5.74) is 3.00. The van der Waals surface area contributed by atoms with Gasteiger partial charge in [-0.05, 0) is 55.8 Å². The molecule has 0 atom stereocenters. The maximum Gasteiger partial charge on any atom is 0.261 e. The molecule has 2 heterocycles. The summed E-state index contributed by atoms with van der Waals surface area (Å²) < 4.78 is 34.3. The van der Waals surface area contributed by atoms with Crippen molar-refractivity contribution >= 4 is 60.5 Å². The van der Waals surface area contributed by atoms with E-state index in [4.69, 9.17) is 27.9 Å². The highest BCUT2D eigenvalue weighted by molar-refractivity contribution is 7.92. The van der Waals surface area contributed by atoms with Crippen molar-refractivity contribution in [3.8, 4) is 16.9 Å². The number of hydrogen-bond acceptors (Lipinski definition) is 5. The van der Waals surface area contributed by atoms with Crippen LogP contribution in [0.15, 0.2) is 53.4 Å². The van der Waals surface area contributed by atoms with Gasteiger partial charge in [0, 0.05) is 21.5 Å². The Bertz CT molecular complexity index is 1420. The summed E-state index contributed by atoms with van der Waals surface area (Å²) in [6.45, 7) is 3.82. The molecular formula is C22H18Cl2N2O3S2. The van der Waals surface area contributed by atoms with E-state index in [0.29, 0.717) is 17.1 Å². The lowest BCUT2D eigenvalue weighted by Crippen LogP contribution is -2.13. The molecule has 2 aromatic carbocycles. The number of aromatic nitrogens is 1. The van der Waals surface area contributed by atoms with Gasteiger partial charge in [0.1, 0.15) is 10.6 Å². The summed E-state index contributed by atoms with van der Waals surface area (Å²) in [5, 5.41) is 1.20. The van der Waals surface area contributed by atoms with E-state index < -0.39 is 10.0 Å². The zero-order valence-corrected chi connectivity index (χ0v) is 20.0. The van der Waals surface area contributed by atoms with Crippen molar-refractivity contribution in [1.82, 2.24) is 4.98 Å². The SMILES string of the molecule is COc1cccc(-c2c(C)sc3nc(C)cc(NS(=O)(=O)c4ccc(Cl)c(Cl)c4)c23)c1. The van der Waals surface area contributed by atoms with Crippen molar-refractivity contribution in [2.45, 2.75) is 18.7 Å². The largest absolute Gasteiger partial charge is 0.497 e. The van der Waals surface area contributed by atoms with Crippen LogP contribution in [-0.2, 0) is 10.0 Å². The molecule has 0 spiro atoms. The first-order valence-corrected chi connectivity index (χ1v) is 12.3. The van der Waals surface area contributed by atoms with Crippen LogP contribution < -0.4 is 9.46 Å². The second-order valence-electron chi connectivity index (χ2n) is 6.94. The van der Waals surface area contributed by atoms with Crippen LogP contribution >= 0.6 is 34.5 Å². The molecule has 0 unspecified atom stereocenters. The first-order valence-electron chi connectivity index (χ1n) is 9.22. The summed E-state index contributed by atoms with van der Waals surface area (Å²) in [6.07, 6.45) is 0. The van der Waals surface area contributed by atoms with Crippen LogP contribution in [0.4, 0.5) is 5.69 Å². The average molecular weight is 493 g/mol. The molecule has 9 heteroatoms. The van der Waals surface area contributed by atoms with Crippen LogP contribution in [0.1, 0.15) is 10.6 Å². The molecule has 1 N–H and O–H groups in total. The average Bonchev–Trinajstić information content (AvgIpc) is 3.05. The van der Waals surface area contributed by atoms with Crippen LogP contribution in [0.2, 0.25) is 10.0 Å². The van der Waals surface area contributed by atoms with Gasteiger partial charge in [-0.3, -0.25) is 4.72 Å². The molecule has 4 aromatic rings. The van der Waals surface area contributed by atoms with E-state index in [-0.39, 0.29) is 14.9 Å². The second kappa shape index (κ2) is 8.31. The van der Waals surface area contributed by atoms with E-state index in [1.54, 1.807) is 13.2 Å². The molecule has 0 radical (unpaired) electrons. The number of halogens is 2. The Balaban J connectivity index is 1.90. The van der Waals surface area contributed by atoms with Gasteiger partial charge in [-0.1, -0.05) is 35.3 Å². The summed E-state index contributed by atoms with van der Waals surface area (Å²) in [4.78, 5) is 6.43. The minimum absolute atomic E-state index is 0.0272. The lowest BCUT2D eigenvalue weighted by molar-refractivity contribution is 0.415. The van der Waals surface area contributed by atoms with Crippen molar-refractivity contribution in [3.05, 3.63) is 69.1 Å². The molecule has 0 aliphatic rings. The Morgan fingerprint density at radius 1 is 1.03 bits per heavy atom. The molecule has 4 rings (SSSR count). The second-order valence-corrected chi connectivity index (χ2v) is 10.6. The number of anilines is 1. The first kappa shape index (κ1) is 21.9. The van der Waals surface area contributed by atoms with Crippen LogP contribution in [0, 0.1) is 13.8 Å². The number of sulfonamides is 1. The highest BCUT2D eigenvalue weighted by atomic mass is 35.5. The summed E-state index contributed by atoms with van der Waals surface area (Å²) in [5.74, 6) is 0.717. The number of fused-ring (bicyclic) bond motifs is 1. The molecule has 160 valence electrons. The van der Waals surface area contributed by atoms with E-state index >= 15 is 0 Å². The number of aryl methyl sites for hydroxylation is 2. The molecular weight excluding hydrogens is 475 g/mol. The van der Waals surface area contributed by atoms with E-state index in [0.717, 1.165) is 26.2 Å². The number of pyridine rings is 1.